The average Bonchev–Trinajstić information content (AvgIpc) is 2.34. The second-order valence-corrected chi connectivity index (χ2v) is 6.34. The Hall–Kier alpha value is -0.190. The molecule has 0 fully saturated rings. The standard InChI is InChI=1S/C14H22BrNOS/c1-11(2)16-10-12-5-6-14(13(15)9-12)17-7-4-8-18-3/h5-6,9,11,16H,4,7-8,10H2,1-3H3. The SMILES string of the molecule is CSCCCOc1ccc(CNC(C)C)cc1Br. The van der Waals surface area contributed by atoms with Crippen LogP contribution < -0.4 is 10.1 Å². The van der Waals surface area contributed by atoms with Crippen molar-refractivity contribution in [1.29, 1.82) is 0 Å². The van der Waals surface area contributed by atoms with Crippen LogP contribution in [-0.4, -0.2) is 24.7 Å². The summed E-state index contributed by atoms with van der Waals surface area (Å²) in [6, 6.07) is 6.79. The summed E-state index contributed by atoms with van der Waals surface area (Å²) >= 11 is 5.42. The minimum atomic E-state index is 0.506. The highest BCUT2D eigenvalue weighted by Crippen LogP contribution is 2.26. The maximum atomic E-state index is 5.74. The van der Waals surface area contributed by atoms with Gasteiger partial charge < -0.3 is 10.1 Å². The molecular weight excluding hydrogens is 310 g/mol. The third kappa shape index (κ3) is 6.12. The van der Waals surface area contributed by atoms with E-state index in [4.69, 9.17) is 4.74 Å². The van der Waals surface area contributed by atoms with Gasteiger partial charge in [0.1, 0.15) is 5.75 Å². The van der Waals surface area contributed by atoms with Crippen molar-refractivity contribution >= 4 is 27.7 Å². The molecule has 1 aromatic rings. The highest BCUT2D eigenvalue weighted by Gasteiger charge is 2.03. The minimum absolute atomic E-state index is 0.506. The number of nitrogens with one attached hydrogen (secondary N) is 1. The van der Waals surface area contributed by atoms with Crippen molar-refractivity contribution in [1.82, 2.24) is 5.32 Å². The first-order chi connectivity index (χ1) is 8.63. The molecule has 1 N–H and O–H groups in total. The molecule has 0 aliphatic rings. The Labute approximate surface area is 123 Å². The summed E-state index contributed by atoms with van der Waals surface area (Å²) in [5, 5.41) is 3.40. The van der Waals surface area contributed by atoms with Crippen LogP contribution in [0.3, 0.4) is 0 Å². The second-order valence-electron chi connectivity index (χ2n) is 4.50. The molecule has 0 saturated carbocycles. The lowest BCUT2D eigenvalue weighted by Gasteiger charge is -2.11. The number of thioether (sulfide) groups is 1. The van der Waals surface area contributed by atoms with Crippen LogP contribution in [0.5, 0.6) is 5.75 Å². The van der Waals surface area contributed by atoms with E-state index < -0.39 is 0 Å². The van der Waals surface area contributed by atoms with E-state index in [1.807, 2.05) is 17.8 Å². The molecule has 1 aromatic carbocycles. The lowest BCUT2D eigenvalue weighted by atomic mass is 10.2. The van der Waals surface area contributed by atoms with Crippen molar-refractivity contribution in [2.24, 2.45) is 0 Å². The van der Waals surface area contributed by atoms with E-state index in [1.54, 1.807) is 0 Å². The predicted molar refractivity (Wildman–Crippen MR) is 84.6 cm³/mol. The molecule has 0 amide bonds. The molecule has 0 aliphatic heterocycles. The molecule has 0 heterocycles. The lowest BCUT2D eigenvalue weighted by molar-refractivity contribution is 0.316. The second kappa shape index (κ2) is 8.83. The largest absolute Gasteiger partial charge is 0.492 e. The topological polar surface area (TPSA) is 21.3 Å². The van der Waals surface area contributed by atoms with Crippen molar-refractivity contribution in [3.8, 4) is 5.75 Å². The van der Waals surface area contributed by atoms with Gasteiger partial charge in [0.25, 0.3) is 0 Å². The predicted octanol–water partition coefficient (Wildman–Crippen LogP) is 4.08. The van der Waals surface area contributed by atoms with Crippen LogP contribution in [0.1, 0.15) is 25.8 Å². The molecule has 0 saturated heterocycles. The van der Waals surface area contributed by atoms with Gasteiger partial charge in [0, 0.05) is 12.6 Å². The van der Waals surface area contributed by atoms with Gasteiger partial charge in [-0.1, -0.05) is 19.9 Å². The van der Waals surface area contributed by atoms with Crippen LogP contribution in [0, 0.1) is 0 Å². The van der Waals surface area contributed by atoms with E-state index in [1.165, 1.54) is 5.56 Å². The summed E-state index contributed by atoms with van der Waals surface area (Å²) in [6.45, 7) is 5.97. The van der Waals surface area contributed by atoms with Gasteiger partial charge in [-0.05, 0) is 52.1 Å². The Balaban J connectivity index is 2.46. The fraction of sp³-hybridized carbons (Fsp3) is 0.571. The van der Waals surface area contributed by atoms with Crippen molar-refractivity contribution in [2.75, 3.05) is 18.6 Å². The van der Waals surface area contributed by atoms with E-state index in [2.05, 4.69) is 53.5 Å². The number of rotatable bonds is 8. The van der Waals surface area contributed by atoms with Crippen LogP contribution in [0.2, 0.25) is 0 Å². The molecule has 0 spiro atoms. The van der Waals surface area contributed by atoms with E-state index in [-0.39, 0.29) is 0 Å². The van der Waals surface area contributed by atoms with E-state index in [9.17, 15) is 0 Å². The highest BCUT2D eigenvalue weighted by molar-refractivity contribution is 9.10. The molecule has 0 radical (unpaired) electrons. The molecule has 0 bridgehead atoms. The number of hydrogen-bond donors (Lipinski definition) is 1. The van der Waals surface area contributed by atoms with Crippen molar-refractivity contribution < 1.29 is 4.74 Å². The summed E-state index contributed by atoms with van der Waals surface area (Å²) in [6.07, 6.45) is 3.21. The van der Waals surface area contributed by atoms with Crippen molar-refractivity contribution in [3.05, 3.63) is 28.2 Å². The first-order valence-corrected chi connectivity index (χ1v) is 8.45. The molecule has 4 heteroatoms. The maximum Gasteiger partial charge on any atom is 0.133 e. The molecule has 0 aromatic heterocycles. The minimum Gasteiger partial charge on any atom is -0.492 e. The van der Waals surface area contributed by atoms with Crippen molar-refractivity contribution in [2.45, 2.75) is 32.9 Å². The maximum absolute atomic E-state index is 5.74. The zero-order valence-corrected chi connectivity index (χ0v) is 13.7. The van der Waals surface area contributed by atoms with Gasteiger partial charge in [0.2, 0.25) is 0 Å². The fourth-order valence-electron chi connectivity index (χ4n) is 1.48. The van der Waals surface area contributed by atoms with Crippen LogP contribution in [0.4, 0.5) is 0 Å². The number of ether oxygens (including phenoxy) is 1. The molecule has 0 aliphatic carbocycles. The van der Waals surface area contributed by atoms with E-state index in [0.717, 1.165) is 35.5 Å². The third-order valence-corrected chi connectivity index (χ3v) is 3.78. The number of hydrogen-bond acceptors (Lipinski definition) is 3. The fourth-order valence-corrected chi connectivity index (χ4v) is 2.43. The van der Waals surface area contributed by atoms with Crippen LogP contribution in [-0.2, 0) is 6.54 Å². The number of halogens is 1. The molecule has 0 unspecified atom stereocenters. The van der Waals surface area contributed by atoms with Gasteiger partial charge in [0.05, 0.1) is 11.1 Å². The first-order valence-electron chi connectivity index (χ1n) is 6.27. The first kappa shape index (κ1) is 15.9. The monoisotopic (exact) mass is 331 g/mol. The van der Waals surface area contributed by atoms with E-state index >= 15 is 0 Å². The normalized spacial score (nSPS) is 10.9. The van der Waals surface area contributed by atoms with Crippen LogP contribution >= 0.6 is 27.7 Å². The summed E-state index contributed by atoms with van der Waals surface area (Å²) in [4.78, 5) is 0. The van der Waals surface area contributed by atoms with Gasteiger partial charge in [-0.25, -0.2) is 0 Å². The Morgan fingerprint density at radius 3 is 2.78 bits per heavy atom. The molecule has 102 valence electrons. The Bertz CT molecular complexity index is 358. The smallest absolute Gasteiger partial charge is 0.133 e. The highest BCUT2D eigenvalue weighted by atomic mass is 79.9. The summed E-state index contributed by atoms with van der Waals surface area (Å²) in [5.41, 5.74) is 1.27. The van der Waals surface area contributed by atoms with Gasteiger partial charge in [-0.15, -0.1) is 0 Å². The third-order valence-electron chi connectivity index (χ3n) is 2.46. The van der Waals surface area contributed by atoms with Gasteiger partial charge in [-0.3, -0.25) is 0 Å². The zero-order valence-electron chi connectivity index (χ0n) is 11.3. The Morgan fingerprint density at radius 1 is 1.39 bits per heavy atom. The molecule has 0 atom stereocenters. The molecule has 2 nitrogen and oxygen atoms in total. The van der Waals surface area contributed by atoms with Crippen molar-refractivity contribution in [3.63, 3.8) is 0 Å². The molecular formula is C14H22BrNOS. The van der Waals surface area contributed by atoms with Gasteiger partial charge in [0.15, 0.2) is 0 Å². The van der Waals surface area contributed by atoms with Gasteiger partial charge in [-0.2, -0.15) is 11.8 Å². The molecule has 1 rings (SSSR count). The quantitative estimate of drug-likeness (QED) is 0.725. The average molecular weight is 332 g/mol. The van der Waals surface area contributed by atoms with E-state index in [0.29, 0.717) is 6.04 Å². The van der Waals surface area contributed by atoms with Crippen LogP contribution in [0.25, 0.3) is 0 Å². The summed E-state index contributed by atoms with van der Waals surface area (Å²) in [7, 11) is 0. The van der Waals surface area contributed by atoms with Gasteiger partial charge >= 0.3 is 0 Å². The number of benzene rings is 1. The lowest BCUT2D eigenvalue weighted by Crippen LogP contribution is -2.21. The Kier molecular flexibility index (Phi) is 7.79. The van der Waals surface area contributed by atoms with Crippen LogP contribution in [0.15, 0.2) is 22.7 Å². The molecule has 18 heavy (non-hydrogen) atoms. The summed E-state index contributed by atoms with van der Waals surface area (Å²) in [5.74, 6) is 2.08. The Morgan fingerprint density at radius 2 is 2.17 bits per heavy atom. The zero-order chi connectivity index (χ0) is 13.4. The summed E-state index contributed by atoms with van der Waals surface area (Å²) < 4.78 is 6.78.